The number of rotatable bonds is 5. The van der Waals surface area contributed by atoms with Gasteiger partial charge in [0.15, 0.2) is 0 Å². The SMILES string of the molecule is O=c1n(Cc2csc(Cc3ccccc3)n2)nnn1-c1ccccc1. The van der Waals surface area contributed by atoms with E-state index in [9.17, 15) is 4.79 Å². The third-order valence-electron chi connectivity index (χ3n) is 3.75. The lowest BCUT2D eigenvalue weighted by atomic mass is 10.2. The van der Waals surface area contributed by atoms with Gasteiger partial charge in [0.2, 0.25) is 0 Å². The molecule has 0 saturated heterocycles. The molecule has 0 fully saturated rings. The quantitative estimate of drug-likeness (QED) is 0.555. The second-order valence-electron chi connectivity index (χ2n) is 5.56. The molecule has 0 bridgehead atoms. The van der Waals surface area contributed by atoms with Gasteiger partial charge >= 0.3 is 5.69 Å². The zero-order valence-corrected chi connectivity index (χ0v) is 14.1. The van der Waals surface area contributed by atoms with Gasteiger partial charge in [-0.05, 0) is 28.1 Å². The molecule has 0 amide bonds. The van der Waals surface area contributed by atoms with Crippen LogP contribution in [0.4, 0.5) is 0 Å². The number of hydrogen-bond donors (Lipinski definition) is 0. The van der Waals surface area contributed by atoms with E-state index in [4.69, 9.17) is 0 Å². The minimum Gasteiger partial charge on any atom is -0.244 e. The third kappa shape index (κ3) is 3.41. The molecule has 0 aliphatic rings. The Morgan fingerprint density at radius 1 is 0.920 bits per heavy atom. The summed E-state index contributed by atoms with van der Waals surface area (Å²) in [5.74, 6) is 0. The van der Waals surface area contributed by atoms with Crippen molar-refractivity contribution in [3.05, 3.63) is 92.8 Å². The molecule has 0 N–H and O–H groups in total. The maximum Gasteiger partial charge on any atom is 0.368 e. The second kappa shape index (κ2) is 6.82. The van der Waals surface area contributed by atoms with Crippen molar-refractivity contribution in [1.82, 2.24) is 24.8 Å². The molecule has 6 nitrogen and oxygen atoms in total. The van der Waals surface area contributed by atoms with Gasteiger partial charge in [0.1, 0.15) is 0 Å². The summed E-state index contributed by atoms with van der Waals surface area (Å²) in [6.07, 6.45) is 0.789. The van der Waals surface area contributed by atoms with E-state index in [1.807, 2.05) is 53.9 Å². The maximum absolute atomic E-state index is 12.4. The molecule has 4 aromatic rings. The summed E-state index contributed by atoms with van der Waals surface area (Å²) in [4.78, 5) is 17.1. The first kappa shape index (κ1) is 15.5. The van der Waals surface area contributed by atoms with Crippen LogP contribution in [0, 0.1) is 0 Å². The fourth-order valence-corrected chi connectivity index (χ4v) is 3.35. The van der Waals surface area contributed by atoms with Crippen LogP contribution in [0.5, 0.6) is 0 Å². The first-order valence-electron chi connectivity index (χ1n) is 7.85. The van der Waals surface area contributed by atoms with E-state index < -0.39 is 0 Å². The predicted molar refractivity (Wildman–Crippen MR) is 96.1 cm³/mol. The molecule has 0 saturated carbocycles. The highest BCUT2D eigenvalue weighted by Gasteiger charge is 2.11. The Balaban J connectivity index is 1.52. The Kier molecular flexibility index (Phi) is 4.22. The van der Waals surface area contributed by atoms with E-state index in [1.165, 1.54) is 14.9 Å². The normalized spacial score (nSPS) is 10.9. The Labute approximate surface area is 148 Å². The van der Waals surface area contributed by atoms with Crippen LogP contribution in [0.25, 0.3) is 5.69 Å². The topological polar surface area (TPSA) is 65.6 Å². The van der Waals surface area contributed by atoms with Crippen molar-refractivity contribution in [3.8, 4) is 5.69 Å². The van der Waals surface area contributed by atoms with Crippen molar-refractivity contribution >= 4 is 11.3 Å². The minimum atomic E-state index is -0.274. The molecule has 0 spiro atoms. The monoisotopic (exact) mass is 349 g/mol. The number of thiazole rings is 1. The van der Waals surface area contributed by atoms with Gasteiger partial charge in [0.25, 0.3) is 0 Å². The first-order chi connectivity index (χ1) is 12.3. The van der Waals surface area contributed by atoms with Crippen LogP contribution in [0.15, 0.2) is 70.8 Å². The highest BCUT2D eigenvalue weighted by Crippen LogP contribution is 2.15. The second-order valence-corrected chi connectivity index (χ2v) is 6.50. The summed E-state index contributed by atoms with van der Waals surface area (Å²) in [7, 11) is 0. The summed E-state index contributed by atoms with van der Waals surface area (Å²) in [6.45, 7) is 0.316. The molecule has 0 radical (unpaired) electrons. The molecule has 4 rings (SSSR count). The van der Waals surface area contributed by atoms with Crippen molar-refractivity contribution in [2.24, 2.45) is 0 Å². The molecule has 0 unspecified atom stereocenters. The number of benzene rings is 2. The fraction of sp³-hybridized carbons (Fsp3) is 0.111. The van der Waals surface area contributed by atoms with E-state index in [-0.39, 0.29) is 5.69 Å². The van der Waals surface area contributed by atoms with Gasteiger partial charge in [-0.15, -0.1) is 11.3 Å². The Morgan fingerprint density at radius 3 is 2.40 bits per heavy atom. The van der Waals surface area contributed by atoms with Crippen LogP contribution >= 0.6 is 11.3 Å². The molecule has 2 aromatic heterocycles. The van der Waals surface area contributed by atoms with Gasteiger partial charge < -0.3 is 0 Å². The van der Waals surface area contributed by atoms with Gasteiger partial charge in [-0.2, -0.15) is 9.36 Å². The molecule has 0 atom stereocenters. The smallest absolute Gasteiger partial charge is 0.244 e. The average Bonchev–Trinajstić information content (AvgIpc) is 3.24. The summed E-state index contributed by atoms with van der Waals surface area (Å²) in [5.41, 5.74) is 2.46. The lowest BCUT2D eigenvalue weighted by Gasteiger charge is -1.97. The third-order valence-corrected chi connectivity index (χ3v) is 4.65. The van der Waals surface area contributed by atoms with Crippen LogP contribution in [0.1, 0.15) is 16.3 Å². The molecule has 25 heavy (non-hydrogen) atoms. The van der Waals surface area contributed by atoms with Crippen molar-refractivity contribution in [1.29, 1.82) is 0 Å². The number of nitrogens with zero attached hydrogens (tertiary/aromatic N) is 5. The fourth-order valence-electron chi connectivity index (χ4n) is 2.53. The van der Waals surface area contributed by atoms with E-state index in [0.29, 0.717) is 12.2 Å². The van der Waals surface area contributed by atoms with E-state index >= 15 is 0 Å². The van der Waals surface area contributed by atoms with E-state index in [0.717, 1.165) is 17.1 Å². The Bertz CT molecular complexity index is 1020. The summed E-state index contributed by atoms with van der Waals surface area (Å²) >= 11 is 1.59. The van der Waals surface area contributed by atoms with E-state index in [2.05, 4.69) is 27.5 Å². The van der Waals surface area contributed by atoms with Gasteiger partial charge in [0, 0.05) is 11.8 Å². The van der Waals surface area contributed by atoms with Gasteiger partial charge in [-0.25, -0.2) is 9.78 Å². The average molecular weight is 349 g/mol. The van der Waals surface area contributed by atoms with Crippen LogP contribution < -0.4 is 5.69 Å². The van der Waals surface area contributed by atoms with Crippen LogP contribution in [0.2, 0.25) is 0 Å². The number of para-hydroxylation sites is 1. The van der Waals surface area contributed by atoms with Crippen molar-refractivity contribution in [2.75, 3.05) is 0 Å². The summed E-state index contributed by atoms with van der Waals surface area (Å²) < 4.78 is 2.62. The number of hydrogen-bond acceptors (Lipinski definition) is 5. The lowest BCUT2D eigenvalue weighted by Crippen LogP contribution is -2.24. The molecule has 124 valence electrons. The minimum absolute atomic E-state index is 0.274. The zero-order chi connectivity index (χ0) is 17.1. The van der Waals surface area contributed by atoms with Crippen molar-refractivity contribution in [3.63, 3.8) is 0 Å². The standard InChI is InChI=1S/C18H15N5OS/c24-18-22(20-21-23(18)16-9-5-2-6-10-16)12-15-13-25-17(19-15)11-14-7-3-1-4-8-14/h1-10,13H,11-12H2. The molecular weight excluding hydrogens is 334 g/mol. The van der Waals surface area contributed by atoms with Gasteiger partial charge in [-0.3, -0.25) is 0 Å². The van der Waals surface area contributed by atoms with E-state index in [1.54, 1.807) is 11.3 Å². The lowest BCUT2D eigenvalue weighted by molar-refractivity contribution is 0.622. The molecule has 7 heteroatoms. The molecule has 2 heterocycles. The molecule has 0 aliphatic carbocycles. The Hall–Kier alpha value is -3.06. The highest BCUT2D eigenvalue weighted by molar-refractivity contribution is 7.09. The van der Waals surface area contributed by atoms with Crippen molar-refractivity contribution < 1.29 is 0 Å². The van der Waals surface area contributed by atoms with Gasteiger partial charge in [0.05, 0.1) is 22.9 Å². The van der Waals surface area contributed by atoms with Crippen LogP contribution in [-0.4, -0.2) is 24.8 Å². The zero-order valence-electron chi connectivity index (χ0n) is 13.3. The number of tetrazole rings is 1. The largest absolute Gasteiger partial charge is 0.368 e. The molecular formula is C18H15N5OS. The Morgan fingerprint density at radius 2 is 1.64 bits per heavy atom. The predicted octanol–water partition coefficient (Wildman–Crippen LogP) is 2.52. The van der Waals surface area contributed by atoms with Crippen LogP contribution in [0.3, 0.4) is 0 Å². The molecule has 2 aromatic carbocycles. The molecule has 0 aliphatic heterocycles. The maximum atomic E-state index is 12.4. The summed E-state index contributed by atoms with van der Waals surface area (Å²) in [6, 6.07) is 19.4. The van der Waals surface area contributed by atoms with Crippen molar-refractivity contribution in [2.45, 2.75) is 13.0 Å². The summed E-state index contributed by atoms with van der Waals surface area (Å²) in [5, 5.41) is 10.9. The van der Waals surface area contributed by atoms with Gasteiger partial charge in [-0.1, -0.05) is 48.5 Å². The highest BCUT2D eigenvalue weighted by atomic mass is 32.1. The van der Waals surface area contributed by atoms with Crippen LogP contribution in [-0.2, 0) is 13.0 Å². The first-order valence-corrected chi connectivity index (χ1v) is 8.73. The number of aromatic nitrogens is 5.